The van der Waals surface area contributed by atoms with E-state index in [4.69, 9.17) is 0 Å². The molecule has 0 radical (unpaired) electrons. The Kier molecular flexibility index (Phi) is 3.60. The van der Waals surface area contributed by atoms with E-state index < -0.39 is 0 Å². The van der Waals surface area contributed by atoms with Gasteiger partial charge in [-0.25, -0.2) is 0 Å². The molecule has 0 aromatic rings. The van der Waals surface area contributed by atoms with E-state index in [9.17, 15) is 0 Å². The maximum atomic E-state index is 3.42. The second-order valence-electron chi connectivity index (χ2n) is 6.86. The molecule has 1 aliphatic carbocycles. The Bertz CT molecular complexity index is 229. The normalized spacial score (nSPS) is 28.7. The fourth-order valence-corrected chi connectivity index (χ4v) is 3.72. The van der Waals surface area contributed by atoms with Gasteiger partial charge in [0.2, 0.25) is 0 Å². The molecular weight excluding hydrogens is 196 g/mol. The number of nitrogens with zero attached hydrogens (tertiary/aromatic N) is 1. The molecule has 2 nitrogen and oxygen atoms in total. The quantitative estimate of drug-likeness (QED) is 0.789. The monoisotopic (exact) mass is 224 g/mol. The van der Waals surface area contributed by atoms with Crippen molar-refractivity contribution in [3.05, 3.63) is 0 Å². The summed E-state index contributed by atoms with van der Waals surface area (Å²) in [4.78, 5) is 2.71. The Morgan fingerprint density at radius 3 is 2.31 bits per heavy atom. The highest BCUT2D eigenvalue weighted by Gasteiger charge is 2.38. The summed E-state index contributed by atoms with van der Waals surface area (Å²) < 4.78 is 0. The van der Waals surface area contributed by atoms with Crippen LogP contribution in [0.2, 0.25) is 0 Å². The van der Waals surface area contributed by atoms with Crippen LogP contribution in [0.25, 0.3) is 0 Å². The van der Waals surface area contributed by atoms with Crippen LogP contribution in [-0.2, 0) is 0 Å². The lowest BCUT2D eigenvalue weighted by Gasteiger charge is -2.34. The topological polar surface area (TPSA) is 15.3 Å². The van der Waals surface area contributed by atoms with Gasteiger partial charge in [-0.3, -0.25) is 0 Å². The number of hydrogen-bond acceptors (Lipinski definition) is 2. The number of nitrogens with one attached hydrogen (secondary N) is 1. The van der Waals surface area contributed by atoms with E-state index in [0.29, 0.717) is 10.8 Å². The third-order valence-electron chi connectivity index (χ3n) is 4.53. The van der Waals surface area contributed by atoms with E-state index in [1.165, 1.54) is 58.3 Å². The predicted octanol–water partition coefficient (Wildman–Crippen LogP) is 2.50. The van der Waals surface area contributed by atoms with Gasteiger partial charge in [0.15, 0.2) is 0 Å². The summed E-state index contributed by atoms with van der Waals surface area (Å²) in [7, 11) is 2.11. The summed E-state index contributed by atoms with van der Waals surface area (Å²) in [6, 6.07) is 0. The molecule has 0 atom stereocenters. The highest BCUT2D eigenvalue weighted by Crippen LogP contribution is 2.40. The molecule has 0 amide bonds. The van der Waals surface area contributed by atoms with E-state index in [2.05, 4.69) is 31.1 Å². The molecule has 0 aromatic heterocycles. The SMILES string of the molecule is CNCC1(CN2CCC(C)(C)C2)CCCC1. The highest BCUT2D eigenvalue weighted by atomic mass is 15.2. The van der Waals surface area contributed by atoms with Crippen molar-refractivity contribution in [3.8, 4) is 0 Å². The Morgan fingerprint density at radius 1 is 1.12 bits per heavy atom. The largest absolute Gasteiger partial charge is 0.319 e. The number of likely N-dealkylation sites (tertiary alicyclic amines) is 1. The first kappa shape index (κ1) is 12.4. The Hall–Kier alpha value is -0.0800. The number of rotatable bonds is 4. The van der Waals surface area contributed by atoms with E-state index in [-0.39, 0.29) is 0 Å². The van der Waals surface area contributed by atoms with E-state index in [1.54, 1.807) is 0 Å². The minimum atomic E-state index is 0.555. The van der Waals surface area contributed by atoms with Gasteiger partial charge in [-0.05, 0) is 43.7 Å². The minimum Gasteiger partial charge on any atom is -0.319 e. The molecule has 2 rings (SSSR count). The fraction of sp³-hybridized carbons (Fsp3) is 1.00. The molecule has 2 heteroatoms. The summed E-state index contributed by atoms with van der Waals surface area (Å²) in [6.07, 6.45) is 7.13. The van der Waals surface area contributed by atoms with Crippen molar-refractivity contribution < 1.29 is 0 Å². The van der Waals surface area contributed by atoms with Gasteiger partial charge >= 0.3 is 0 Å². The average molecular weight is 224 g/mol. The molecule has 0 spiro atoms. The first-order chi connectivity index (χ1) is 7.55. The minimum absolute atomic E-state index is 0.555. The molecule has 1 saturated heterocycles. The second-order valence-corrected chi connectivity index (χ2v) is 6.86. The molecule has 1 aliphatic heterocycles. The summed E-state index contributed by atoms with van der Waals surface area (Å²) >= 11 is 0. The highest BCUT2D eigenvalue weighted by molar-refractivity contribution is 4.92. The molecule has 1 saturated carbocycles. The zero-order chi connectivity index (χ0) is 11.6. The molecule has 16 heavy (non-hydrogen) atoms. The van der Waals surface area contributed by atoms with Crippen LogP contribution in [0.5, 0.6) is 0 Å². The molecule has 1 heterocycles. The van der Waals surface area contributed by atoms with Crippen LogP contribution in [0.3, 0.4) is 0 Å². The Balaban J connectivity index is 1.91. The average Bonchev–Trinajstić information content (AvgIpc) is 2.75. The van der Waals surface area contributed by atoms with Crippen molar-refractivity contribution in [3.63, 3.8) is 0 Å². The molecule has 2 fully saturated rings. The van der Waals surface area contributed by atoms with Crippen LogP contribution in [0, 0.1) is 10.8 Å². The molecule has 1 N–H and O–H groups in total. The lowest BCUT2D eigenvalue weighted by atomic mass is 9.85. The lowest BCUT2D eigenvalue weighted by molar-refractivity contribution is 0.164. The first-order valence-corrected chi connectivity index (χ1v) is 6.92. The molecule has 94 valence electrons. The van der Waals surface area contributed by atoms with Crippen molar-refractivity contribution >= 4 is 0 Å². The summed E-state index contributed by atoms with van der Waals surface area (Å²) in [5, 5.41) is 3.42. The third kappa shape index (κ3) is 2.78. The standard InChI is InChI=1S/C14H28N2/c1-13(2)8-9-16(11-13)12-14(10-15-3)6-4-5-7-14/h15H,4-12H2,1-3H3. The molecular formula is C14H28N2. The van der Waals surface area contributed by atoms with Crippen molar-refractivity contribution in [2.45, 2.75) is 46.0 Å². The van der Waals surface area contributed by atoms with Crippen LogP contribution in [-0.4, -0.2) is 38.1 Å². The van der Waals surface area contributed by atoms with Gasteiger partial charge in [-0.15, -0.1) is 0 Å². The van der Waals surface area contributed by atoms with Crippen LogP contribution < -0.4 is 5.32 Å². The van der Waals surface area contributed by atoms with Gasteiger partial charge in [0.1, 0.15) is 0 Å². The zero-order valence-electron chi connectivity index (χ0n) is 11.3. The molecule has 0 unspecified atom stereocenters. The van der Waals surface area contributed by atoms with Crippen molar-refractivity contribution in [2.24, 2.45) is 10.8 Å². The Labute approximate surface area is 101 Å². The molecule has 2 aliphatic rings. The predicted molar refractivity (Wildman–Crippen MR) is 69.7 cm³/mol. The van der Waals surface area contributed by atoms with Crippen molar-refractivity contribution in [2.75, 3.05) is 33.2 Å². The summed E-state index contributed by atoms with van der Waals surface area (Å²) in [5.41, 5.74) is 1.15. The third-order valence-corrected chi connectivity index (χ3v) is 4.53. The first-order valence-electron chi connectivity index (χ1n) is 6.92. The Morgan fingerprint density at radius 2 is 1.81 bits per heavy atom. The van der Waals surface area contributed by atoms with Gasteiger partial charge < -0.3 is 10.2 Å². The van der Waals surface area contributed by atoms with Gasteiger partial charge in [-0.1, -0.05) is 26.7 Å². The van der Waals surface area contributed by atoms with Gasteiger partial charge in [0, 0.05) is 19.6 Å². The van der Waals surface area contributed by atoms with Crippen LogP contribution in [0.1, 0.15) is 46.0 Å². The van der Waals surface area contributed by atoms with Crippen LogP contribution >= 0.6 is 0 Å². The van der Waals surface area contributed by atoms with Crippen LogP contribution in [0.15, 0.2) is 0 Å². The lowest BCUT2D eigenvalue weighted by Crippen LogP contribution is -2.41. The summed E-state index contributed by atoms with van der Waals surface area (Å²) in [6.45, 7) is 9.98. The summed E-state index contributed by atoms with van der Waals surface area (Å²) in [5.74, 6) is 0. The maximum absolute atomic E-state index is 3.42. The van der Waals surface area contributed by atoms with E-state index >= 15 is 0 Å². The van der Waals surface area contributed by atoms with E-state index in [1.807, 2.05) is 0 Å². The molecule has 0 aromatic carbocycles. The van der Waals surface area contributed by atoms with E-state index in [0.717, 1.165) is 0 Å². The second kappa shape index (κ2) is 4.66. The van der Waals surface area contributed by atoms with Crippen molar-refractivity contribution in [1.29, 1.82) is 0 Å². The fourth-order valence-electron chi connectivity index (χ4n) is 3.72. The smallest absolute Gasteiger partial charge is 0.00504 e. The van der Waals surface area contributed by atoms with Gasteiger partial charge in [0.25, 0.3) is 0 Å². The number of hydrogen-bond donors (Lipinski definition) is 1. The van der Waals surface area contributed by atoms with Gasteiger partial charge in [0.05, 0.1) is 0 Å². The zero-order valence-corrected chi connectivity index (χ0v) is 11.3. The molecule has 0 bridgehead atoms. The van der Waals surface area contributed by atoms with Crippen molar-refractivity contribution in [1.82, 2.24) is 10.2 Å². The van der Waals surface area contributed by atoms with Gasteiger partial charge in [-0.2, -0.15) is 0 Å². The van der Waals surface area contributed by atoms with Crippen LogP contribution in [0.4, 0.5) is 0 Å². The maximum Gasteiger partial charge on any atom is 0.00504 e.